The van der Waals surface area contributed by atoms with Crippen LogP contribution >= 0.6 is 0 Å². The van der Waals surface area contributed by atoms with Crippen LogP contribution in [-0.2, 0) is 0 Å². The highest BCUT2D eigenvalue weighted by Crippen LogP contribution is 2.16. The number of carbonyl (C=O) groups is 1. The predicted molar refractivity (Wildman–Crippen MR) is 72.0 cm³/mol. The third kappa shape index (κ3) is 3.21. The minimum Gasteiger partial charge on any atom is -0.483 e. The summed E-state index contributed by atoms with van der Waals surface area (Å²) in [7, 11) is 0. The van der Waals surface area contributed by atoms with Crippen molar-refractivity contribution in [3.05, 3.63) is 65.5 Å². The Labute approximate surface area is 116 Å². The Balaban J connectivity index is 2.11. The first-order valence-electron chi connectivity index (χ1n) is 6.07. The third-order valence-electron chi connectivity index (χ3n) is 2.77. The van der Waals surface area contributed by atoms with E-state index in [2.05, 4.69) is 0 Å². The molecule has 3 nitrogen and oxygen atoms in total. The zero-order valence-electron chi connectivity index (χ0n) is 10.8. The highest BCUT2D eigenvalue weighted by Gasteiger charge is 2.17. The quantitative estimate of drug-likeness (QED) is 0.800. The summed E-state index contributed by atoms with van der Waals surface area (Å²) in [5, 5.41) is 8.80. The minimum absolute atomic E-state index is 0.243. The van der Waals surface area contributed by atoms with Crippen LogP contribution in [0.3, 0.4) is 0 Å². The number of benzene rings is 2. The second-order valence-electron chi connectivity index (χ2n) is 4.27. The molecule has 0 aliphatic carbocycles. The topological polar surface area (TPSA) is 50.1 Å². The zero-order chi connectivity index (χ0) is 14.5. The molecule has 1 atom stereocenters. The van der Waals surface area contributed by atoms with E-state index < -0.39 is 11.9 Å². The summed E-state index contributed by atoms with van der Waals surface area (Å²) >= 11 is 0. The zero-order valence-corrected chi connectivity index (χ0v) is 10.8. The van der Waals surface area contributed by atoms with Crippen LogP contribution in [0, 0.1) is 17.1 Å². The van der Waals surface area contributed by atoms with Crippen molar-refractivity contribution >= 4 is 5.78 Å². The maximum absolute atomic E-state index is 12.8. The standard InChI is InChI=1S/C16H12FNO2/c1-11(16(19)13-5-7-14(17)8-6-13)20-15-4-2-3-12(9-15)10-18/h2-9,11H,1H3/t11-/m1/s1. The van der Waals surface area contributed by atoms with Crippen molar-refractivity contribution in [2.24, 2.45) is 0 Å². The molecule has 20 heavy (non-hydrogen) atoms. The molecule has 0 saturated carbocycles. The molecule has 0 amide bonds. The molecule has 0 fully saturated rings. The van der Waals surface area contributed by atoms with Gasteiger partial charge in [-0.05, 0) is 49.4 Å². The molecule has 0 aromatic heterocycles. The van der Waals surface area contributed by atoms with Crippen molar-refractivity contribution in [3.8, 4) is 11.8 Å². The lowest BCUT2D eigenvalue weighted by Crippen LogP contribution is -2.23. The van der Waals surface area contributed by atoms with Gasteiger partial charge in [-0.3, -0.25) is 4.79 Å². The van der Waals surface area contributed by atoms with E-state index in [1.54, 1.807) is 31.2 Å². The Morgan fingerprint density at radius 3 is 2.60 bits per heavy atom. The van der Waals surface area contributed by atoms with Crippen molar-refractivity contribution in [1.82, 2.24) is 0 Å². The van der Waals surface area contributed by atoms with E-state index in [9.17, 15) is 9.18 Å². The third-order valence-corrected chi connectivity index (χ3v) is 2.77. The highest BCUT2D eigenvalue weighted by molar-refractivity contribution is 5.99. The Morgan fingerprint density at radius 1 is 1.25 bits per heavy atom. The molecule has 0 aliphatic heterocycles. The first-order valence-corrected chi connectivity index (χ1v) is 6.07. The maximum Gasteiger partial charge on any atom is 0.202 e. The van der Waals surface area contributed by atoms with E-state index in [0.717, 1.165) is 0 Å². The molecular weight excluding hydrogens is 257 g/mol. The van der Waals surface area contributed by atoms with E-state index in [1.807, 2.05) is 6.07 Å². The van der Waals surface area contributed by atoms with Gasteiger partial charge in [-0.15, -0.1) is 0 Å². The second-order valence-corrected chi connectivity index (χ2v) is 4.27. The van der Waals surface area contributed by atoms with E-state index in [4.69, 9.17) is 10.00 Å². The fourth-order valence-corrected chi connectivity index (χ4v) is 1.75. The smallest absolute Gasteiger partial charge is 0.202 e. The predicted octanol–water partition coefficient (Wildman–Crippen LogP) is 3.35. The number of ketones is 1. The SMILES string of the molecule is C[C@@H](Oc1cccc(C#N)c1)C(=O)c1ccc(F)cc1. The van der Waals surface area contributed by atoms with Crippen LogP contribution in [0.1, 0.15) is 22.8 Å². The largest absolute Gasteiger partial charge is 0.483 e. The molecule has 0 heterocycles. The number of Topliss-reactive ketones (excluding diaryl/α,β-unsaturated/α-hetero) is 1. The Bertz CT molecular complexity index is 659. The first kappa shape index (κ1) is 13.8. The molecule has 0 unspecified atom stereocenters. The number of hydrogen-bond donors (Lipinski definition) is 0. The molecule has 2 aromatic rings. The molecule has 0 radical (unpaired) electrons. The van der Waals surface area contributed by atoms with Crippen LogP contribution in [0.4, 0.5) is 4.39 Å². The van der Waals surface area contributed by atoms with Gasteiger partial charge in [0.2, 0.25) is 5.78 Å². The van der Waals surface area contributed by atoms with Gasteiger partial charge in [-0.1, -0.05) is 6.07 Å². The van der Waals surface area contributed by atoms with Crippen LogP contribution in [0.15, 0.2) is 48.5 Å². The normalized spacial score (nSPS) is 11.4. The Morgan fingerprint density at radius 2 is 1.95 bits per heavy atom. The molecule has 0 aliphatic rings. The Hall–Kier alpha value is -2.67. The van der Waals surface area contributed by atoms with Gasteiger partial charge in [-0.2, -0.15) is 5.26 Å². The molecule has 100 valence electrons. The summed E-state index contributed by atoms with van der Waals surface area (Å²) in [4.78, 5) is 12.1. The number of hydrogen-bond acceptors (Lipinski definition) is 3. The summed E-state index contributed by atoms with van der Waals surface area (Å²) in [6.07, 6.45) is -0.714. The fraction of sp³-hybridized carbons (Fsp3) is 0.125. The van der Waals surface area contributed by atoms with E-state index in [1.165, 1.54) is 24.3 Å². The van der Waals surface area contributed by atoms with Crippen molar-refractivity contribution in [3.63, 3.8) is 0 Å². The summed E-state index contributed by atoms with van der Waals surface area (Å²) in [6.45, 7) is 1.62. The number of nitrogens with zero attached hydrogens (tertiary/aromatic N) is 1. The van der Waals surface area contributed by atoms with Crippen molar-refractivity contribution in [2.45, 2.75) is 13.0 Å². The lowest BCUT2D eigenvalue weighted by atomic mass is 10.1. The van der Waals surface area contributed by atoms with Crippen molar-refractivity contribution < 1.29 is 13.9 Å². The molecule has 0 N–H and O–H groups in total. The average Bonchev–Trinajstić information content (AvgIpc) is 2.47. The van der Waals surface area contributed by atoms with E-state index in [-0.39, 0.29) is 5.78 Å². The molecule has 2 rings (SSSR count). The lowest BCUT2D eigenvalue weighted by Gasteiger charge is -2.13. The van der Waals surface area contributed by atoms with Crippen LogP contribution in [0.25, 0.3) is 0 Å². The molecule has 0 bridgehead atoms. The van der Waals surface area contributed by atoms with Crippen LogP contribution in [0.2, 0.25) is 0 Å². The first-order chi connectivity index (χ1) is 9.60. The van der Waals surface area contributed by atoms with E-state index in [0.29, 0.717) is 16.9 Å². The van der Waals surface area contributed by atoms with Gasteiger partial charge in [0.05, 0.1) is 11.6 Å². The van der Waals surface area contributed by atoms with Crippen LogP contribution < -0.4 is 4.74 Å². The number of halogens is 1. The van der Waals surface area contributed by atoms with Crippen molar-refractivity contribution in [1.29, 1.82) is 5.26 Å². The molecular formula is C16H12FNO2. The number of carbonyl (C=O) groups excluding carboxylic acids is 1. The van der Waals surface area contributed by atoms with E-state index >= 15 is 0 Å². The van der Waals surface area contributed by atoms with Crippen LogP contribution in [0.5, 0.6) is 5.75 Å². The molecule has 0 saturated heterocycles. The lowest BCUT2D eigenvalue weighted by molar-refractivity contribution is 0.0818. The molecule has 0 spiro atoms. The van der Waals surface area contributed by atoms with Gasteiger partial charge in [-0.25, -0.2) is 4.39 Å². The van der Waals surface area contributed by atoms with Gasteiger partial charge < -0.3 is 4.74 Å². The number of rotatable bonds is 4. The Kier molecular flexibility index (Phi) is 4.11. The fourth-order valence-electron chi connectivity index (χ4n) is 1.75. The second kappa shape index (κ2) is 5.98. The highest BCUT2D eigenvalue weighted by atomic mass is 19.1. The summed E-state index contributed by atoms with van der Waals surface area (Å²) in [6, 6.07) is 13.9. The van der Waals surface area contributed by atoms with Crippen LogP contribution in [-0.4, -0.2) is 11.9 Å². The molecule has 2 aromatic carbocycles. The van der Waals surface area contributed by atoms with Gasteiger partial charge in [0, 0.05) is 5.56 Å². The summed E-state index contributed by atoms with van der Waals surface area (Å²) in [5.41, 5.74) is 0.847. The number of ether oxygens (including phenoxy) is 1. The van der Waals surface area contributed by atoms with Gasteiger partial charge in [0.25, 0.3) is 0 Å². The number of nitriles is 1. The maximum atomic E-state index is 12.8. The minimum atomic E-state index is -0.714. The summed E-state index contributed by atoms with van der Waals surface area (Å²) in [5.74, 6) is -0.184. The van der Waals surface area contributed by atoms with Gasteiger partial charge >= 0.3 is 0 Å². The summed E-state index contributed by atoms with van der Waals surface area (Å²) < 4.78 is 18.3. The van der Waals surface area contributed by atoms with Crippen molar-refractivity contribution in [2.75, 3.05) is 0 Å². The molecule has 4 heteroatoms. The van der Waals surface area contributed by atoms with Gasteiger partial charge in [0.1, 0.15) is 11.6 Å². The average molecular weight is 269 g/mol. The van der Waals surface area contributed by atoms with Gasteiger partial charge in [0.15, 0.2) is 6.10 Å². The monoisotopic (exact) mass is 269 g/mol.